The number of ether oxygens (including phenoxy) is 2. The van der Waals surface area contributed by atoms with Crippen LogP contribution in [0.1, 0.15) is 5.56 Å². The summed E-state index contributed by atoms with van der Waals surface area (Å²) < 4.78 is 53.1. The van der Waals surface area contributed by atoms with Gasteiger partial charge in [-0.05, 0) is 67.6 Å². The molecule has 0 radical (unpaired) electrons. The van der Waals surface area contributed by atoms with E-state index in [1.54, 1.807) is 36.4 Å². The Bertz CT molecular complexity index is 998. The third-order valence-corrected chi connectivity index (χ3v) is 5.10. The van der Waals surface area contributed by atoms with Crippen molar-refractivity contribution in [2.24, 2.45) is 0 Å². The topological polar surface area (TPSA) is 61.8 Å². The van der Waals surface area contributed by atoms with Gasteiger partial charge in [0, 0.05) is 0 Å². The lowest BCUT2D eigenvalue weighted by Crippen LogP contribution is -2.13. The van der Waals surface area contributed by atoms with Crippen LogP contribution in [0.3, 0.4) is 0 Å². The maximum Gasteiger partial charge on any atom is 0.297 e. The van der Waals surface area contributed by atoms with Gasteiger partial charge in [0.2, 0.25) is 0 Å². The molecule has 0 amide bonds. The summed E-state index contributed by atoms with van der Waals surface area (Å²) in [7, 11) is -3.80. The first kappa shape index (κ1) is 19.9. The van der Waals surface area contributed by atoms with Gasteiger partial charge in [0.1, 0.15) is 36.3 Å². The molecule has 0 heterocycles. The second kappa shape index (κ2) is 8.86. The van der Waals surface area contributed by atoms with Crippen molar-refractivity contribution in [3.63, 3.8) is 0 Å². The zero-order valence-electron chi connectivity index (χ0n) is 15.2. The van der Waals surface area contributed by atoms with E-state index in [1.807, 2.05) is 6.92 Å². The highest BCUT2D eigenvalue weighted by atomic mass is 32.2. The standard InChI is InChI=1S/C21H19FO5S/c1-16-2-12-21(13-3-16)28(23,24)26-15-14-25-18-8-10-20(11-9-18)27-19-6-4-17(22)5-7-19/h2-13H,14-15H2,1H3. The molecule has 0 aliphatic carbocycles. The molecule has 0 unspecified atom stereocenters. The minimum atomic E-state index is -3.80. The number of halogens is 1. The molecule has 0 fully saturated rings. The van der Waals surface area contributed by atoms with Crippen molar-refractivity contribution < 1.29 is 26.5 Å². The molecule has 3 aromatic carbocycles. The SMILES string of the molecule is Cc1ccc(S(=O)(=O)OCCOc2ccc(Oc3ccc(F)cc3)cc2)cc1. The molecule has 3 aromatic rings. The lowest BCUT2D eigenvalue weighted by atomic mass is 10.2. The maximum absolute atomic E-state index is 12.9. The van der Waals surface area contributed by atoms with E-state index in [4.69, 9.17) is 13.7 Å². The number of aryl methyl sites for hydroxylation is 1. The van der Waals surface area contributed by atoms with Crippen molar-refractivity contribution in [2.75, 3.05) is 13.2 Å². The van der Waals surface area contributed by atoms with Crippen LogP contribution in [0.5, 0.6) is 17.2 Å². The first-order valence-electron chi connectivity index (χ1n) is 8.55. The first-order valence-corrected chi connectivity index (χ1v) is 9.96. The van der Waals surface area contributed by atoms with Crippen LogP contribution in [0.25, 0.3) is 0 Å². The Labute approximate surface area is 163 Å². The van der Waals surface area contributed by atoms with Crippen molar-refractivity contribution in [3.05, 3.63) is 84.2 Å². The minimum Gasteiger partial charge on any atom is -0.491 e. The van der Waals surface area contributed by atoms with E-state index in [-0.39, 0.29) is 23.9 Å². The summed E-state index contributed by atoms with van der Waals surface area (Å²) in [5.41, 5.74) is 0.967. The van der Waals surface area contributed by atoms with Gasteiger partial charge in [0.25, 0.3) is 10.1 Å². The molecule has 0 aliphatic heterocycles. The average molecular weight is 402 g/mol. The van der Waals surface area contributed by atoms with E-state index >= 15 is 0 Å². The van der Waals surface area contributed by atoms with Crippen LogP contribution < -0.4 is 9.47 Å². The zero-order valence-corrected chi connectivity index (χ0v) is 16.0. The summed E-state index contributed by atoms with van der Waals surface area (Å²) in [5, 5.41) is 0. The Morgan fingerprint density at radius 1 is 0.750 bits per heavy atom. The second-order valence-corrected chi connectivity index (χ2v) is 7.58. The largest absolute Gasteiger partial charge is 0.491 e. The van der Waals surface area contributed by atoms with E-state index in [2.05, 4.69) is 0 Å². The average Bonchev–Trinajstić information content (AvgIpc) is 2.69. The van der Waals surface area contributed by atoms with E-state index in [9.17, 15) is 12.8 Å². The molecule has 3 rings (SSSR count). The fourth-order valence-corrected chi connectivity index (χ4v) is 3.21. The summed E-state index contributed by atoms with van der Waals surface area (Å²) in [6.07, 6.45) is 0. The number of rotatable bonds is 8. The highest BCUT2D eigenvalue weighted by molar-refractivity contribution is 7.86. The Hall–Kier alpha value is -2.90. The van der Waals surface area contributed by atoms with Crippen LogP contribution in [0, 0.1) is 12.7 Å². The Kier molecular flexibility index (Phi) is 6.28. The second-order valence-electron chi connectivity index (χ2n) is 5.97. The molecular formula is C21H19FO5S. The monoisotopic (exact) mass is 402 g/mol. The van der Waals surface area contributed by atoms with Crippen LogP contribution in [0.4, 0.5) is 4.39 Å². The minimum absolute atomic E-state index is 0.0727. The van der Waals surface area contributed by atoms with Crippen molar-refractivity contribution in [1.82, 2.24) is 0 Å². The maximum atomic E-state index is 12.9. The molecule has 28 heavy (non-hydrogen) atoms. The molecule has 0 N–H and O–H groups in total. The van der Waals surface area contributed by atoms with Gasteiger partial charge in [0.05, 0.1) is 4.90 Å². The Morgan fingerprint density at radius 3 is 1.89 bits per heavy atom. The molecular weight excluding hydrogens is 383 g/mol. The van der Waals surface area contributed by atoms with E-state index < -0.39 is 10.1 Å². The van der Waals surface area contributed by atoms with Gasteiger partial charge in [-0.1, -0.05) is 17.7 Å². The van der Waals surface area contributed by atoms with Gasteiger partial charge in [-0.2, -0.15) is 8.42 Å². The third kappa shape index (κ3) is 5.55. The van der Waals surface area contributed by atoms with Crippen molar-refractivity contribution in [2.45, 2.75) is 11.8 Å². The highest BCUT2D eigenvalue weighted by Crippen LogP contribution is 2.24. The molecule has 146 valence electrons. The summed E-state index contributed by atoms with van der Waals surface area (Å²) in [5.74, 6) is 1.30. The molecule has 0 aliphatic rings. The lowest BCUT2D eigenvalue weighted by molar-refractivity contribution is 0.221. The predicted octanol–water partition coefficient (Wildman–Crippen LogP) is 4.71. The number of hydrogen-bond acceptors (Lipinski definition) is 5. The summed E-state index contributed by atoms with van der Waals surface area (Å²) in [6, 6.07) is 18.9. The Morgan fingerprint density at radius 2 is 1.29 bits per heavy atom. The van der Waals surface area contributed by atoms with Crippen molar-refractivity contribution in [1.29, 1.82) is 0 Å². The number of benzene rings is 3. The summed E-state index contributed by atoms with van der Waals surface area (Å²) in [4.78, 5) is 0.111. The zero-order chi connectivity index (χ0) is 20.0. The van der Waals surface area contributed by atoms with Crippen LogP contribution in [0.2, 0.25) is 0 Å². The van der Waals surface area contributed by atoms with Crippen LogP contribution >= 0.6 is 0 Å². The van der Waals surface area contributed by atoms with E-state index in [0.29, 0.717) is 17.2 Å². The molecule has 0 saturated heterocycles. The smallest absolute Gasteiger partial charge is 0.297 e. The summed E-state index contributed by atoms with van der Waals surface area (Å²) in [6.45, 7) is 1.84. The van der Waals surface area contributed by atoms with E-state index in [0.717, 1.165) is 5.56 Å². The molecule has 0 atom stereocenters. The van der Waals surface area contributed by atoms with Gasteiger partial charge < -0.3 is 9.47 Å². The van der Waals surface area contributed by atoms with Gasteiger partial charge in [0.15, 0.2) is 0 Å². The van der Waals surface area contributed by atoms with Gasteiger partial charge in [-0.25, -0.2) is 4.39 Å². The molecule has 5 nitrogen and oxygen atoms in total. The van der Waals surface area contributed by atoms with Gasteiger partial charge in [-0.3, -0.25) is 4.18 Å². The fraction of sp³-hybridized carbons (Fsp3) is 0.143. The van der Waals surface area contributed by atoms with Crippen LogP contribution in [-0.4, -0.2) is 21.6 Å². The molecule has 0 bridgehead atoms. The number of hydrogen-bond donors (Lipinski definition) is 0. The van der Waals surface area contributed by atoms with E-state index in [1.165, 1.54) is 36.4 Å². The third-order valence-electron chi connectivity index (χ3n) is 3.77. The Balaban J connectivity index is 1.47. The highest BCUT2D eigenvalue weighted by Gasteiger charge is 2.14. The lowest BCUT2D eigenvalue weighted by Gasteiger charge is -2.09. The van der Waals surface area contributed by atoms with Crippen LogP contribution in [-0.2, 0) is 14.3 Å². The van der Waals surface area contributed by atoms with Crippen molar-refractivity contribution in [3.8, 4) is 17.2 Å². The quantitative estimate of drug-likeness (QED) is 0.403. The molecule has 0 aromatic heterocycles. The first-order chi connectivity index (χ1) is 13.4. The molecule has 0 saturated carbocycles. The molecule has 7 heteroatoms. The predicted molar refractivity (Wildman–Crippen MR) is 103 cm³/mol. The van der Waals surface area contributed by atoms with Gasteiger partial charge >= 0.3 is 0 Å². The van der Waals surface area contributed by atoms with Crippen LogP contribution in [0.15, 0.2) is 77.7 Å². The fourth-order valence-electron chi connectivity index (χ4n) is 2.32. The van der Waals surface area contributed by atoms with Gasteiger partial charge in [-0.15, -0.1) is 0 Å². The molecule has 0 spiro atoms. The normalized spacial score (nSPS) is 11.2. The van der Waals surface area contributed by atoms with Crippen molar-refractivity contribution >= 4 is 10.1 Å². The summed E-state index contributed by atoms with van der Waals surface area (Å²) >= 11 is 0.